The number of hydrogen-bond acceptors (Lipinski definition) is 4. The van der Waals surface area contributed by atoms with Crippen molar-refractivity contribution < 1.29 is 18.7 Å². The first-order valence-corrected chi connectivity index (χ1v) is 7.71. The number of carbonyl (C=O) groups is 2. The van der Waals surface area contributed by atoms with Crippen molar-refractivity contribution in [2.75, 3.05) is 0 Å². The molecule has 122 valence electrons. The Morgan fingerprint density at radius 2 is 1.46 bits per heavy atom. The quantitative estimate of drug-likeness (QED) is 0.472. The van der Waals surface area contributed by atoms with Crippen molar-refractivity contribution in [3.63, 3.8) is 0 Å². The second-order valence-corrected chi connectivity index (χ2v) is 5.87. The van der Waals surface area contributed by atoms with Gasteiger partial charge in [0.25, 0.3) is 0 Å². The molecule has 0 N–H and O–H groups in total. The fraction of sp³-hybridized carbons (Fsp3) is 0.200. The molecule has 4 nitrogen and oxygen atoms in total. The average Bonchev–Trinajstić information content (AvgIpc) is 3.04. The second-order valence-electron chi connectivity index (χ2n) is 5.87. The van der Waals surface area contributed by atoms with E-state index < -0.39 is 11.9 Å². The van der Waals surface area contributed by atoms with Crippen LogP contribution in [0.15, 0.2) is 52.0 Å². The molecule has 0 atom stereocenters. The lowest BCUT2D eigenvalue weighted by Crippen LogP contribution is -2.00. The smallest absolute Gasteiger partial charge is 0.347 e. The van der Waals surface area contributed by atoms with Crippen LogP contribution < -0.4 is 0 Å². The van der Waals surface area contributed by atoms with E-state index in [2.05, 4.69) is 0 Å². The topological polar surface area (TPSA) is 56.5 Å². The van der Waals surface area contributed by atoms with Gasteiger partial charge in [0.15, 0.2) is 0 Å². The Morgan fingerprint density at radius 3 is 2.00 bits per heavy atom. The maximum atomic E-state index is 12.3. The molecular formula is C20H18O4. The molecule has 1 aliphatic heterocycles. The van der Waals surface area contributed by atoms with Crippen LogP contribution in [0.2, 0.25) is 0 Å². The number of aryl methyl sites for hydroxylation is 2. The summed E-state index contributed by atoms with van der Waals surface area (Å²) < 4.78 is 10.4. The van der Waals surface area contributed by atoms with E-state index >= 15 is 0 Å². The molecule has 4 heteroatoms. The highest BCUT2D eigenvalue weighted by Crippen LogP contribution is 2.36. The molecule has 1 aliphatic rings. The van der Waals surface area contributed by atoms with E-state index in [-0.39, 0.29) is 0 Å². The Hall–Kier alpha value is -2.88. The standard InChI is InChI=1S/C20H18O4/c1-11-10-16(14(4)23-11)13(3)18-17(19(21)24-20(18)22)12(2)15-8-6-5-7-9-15/h5-10H,1-4H3. The van der Waals surface area contributed by atoms with Gasteiger partial charge in [0.1, 0.15) is 11.5 Å². The van der Waals surface area contributed by atoms with Gasteiger partial charge in [-0.2, -0.15) is 0 Å². The predicted octanol–water partition coefficient (Wildman–Crippen LogP) is 4.23. The van der Waals surface area contributed by atoms with Crippen molar-refractivity contribution in [2.24, 2.45) is 0 Å². The van der Waals surface area contributed by atoms with E-state index in [4.69, 9.17) is 9.15 Å². The summed E-state index contributed by atoms with van der Waals surface area (Å²) in [6, 6.07) is 11.3. The van der Waals surface area contributed by atoms with E-state index in [0.29, 0.717) is 22.5 Å². The Morgan fingerprint density at radius 1 is 0.875 bits per heavy atom. The number of esters is 2. The molecule has 1 aromatic carbocycles. The summed E-state index contributed by atoms with van der Waals surface area (Å²) in [6.45, 7) is 7.32. The van der Waals surface area contributed by atoms with Crippen LogP contribution in [0.1, 0.15) is 36.5 Å². The third-order valence-corrected chi connectivity index (χ3v) is 4.25. The Bertz CT molecular complexity index is 895. The largest absolute Gasteiger partial charge is 0.466 e. The summed E-state index contributed by atoms with van der Waals surface area (Å²) in [5.41, 5.74) is 3.73. The summed E-state index contributed by atoms with van der Waals surface area (Å²) in [7, 11) is 0. The van der Waals surface area contributed by atoms with Gasteiger partial charge in [-0.05, 0) is 50.5 Å². The first-order valence-electron chi connectivity index (χ1n) is 7.71. The zero-order valence-electron chi connectivity index (χ0n) is 14.1. The monoisotopic (exact) mass is 322 g/mol. The van der Waals surface area contributed by atoms with E-state index in [1.807, 2.05) is 64.1 Å². The number of cyclic esters (lactones) is 2. The Balaban J connectivity index is 2.25. The van der Waals surface area contributed by atoms with Crippen molar-refractivity contribution in [1.29, 1.82) is 0 Å². The van der Waals surface area contributed by atoms with Gasteiger partial charge in [-0.3, -0.25) is 0 Å². The number of hydrogen-bond donors (Lipinski definition) is 0. The van der Waals surface area contributed by atoms with Crippen LogP contribution in [0.4, 0.5) is 0 Å². The first kappa shape index (κ1) is 16.0. The molecular weight excluding hydrogens is 304 g/mol. The molecule has 0 unspecified atom stereocenters. The van der Waals surface area contributed by atoms with Crippen LogP contribution in [0.5, 0.6) is 0 Å². The van der Waals surface area contributed by atoms with Gasteiger partial charge in [-0.15, -0.1) is 0 Å². The number of benzene rings is 1. The minimum absolute atomic E-state index is 0.310. The maximum Gasteiger partial charge on any atom is 0.347 e. The van der Waals surface area contributed by atoms with Crippen LogP contribution in [-0.2, 0) is 14.3 Å². The number of ether oxygens (including phenoxy) is 1. The van der Waals surface area contributed by atoms with E-state index in [9.17, 15) is 9.59 Å². The zero-order chi connectivity index (χ0) is 17.4. The normalized spacial score (nSPS) is 18.7. The molecule has 0 spiro atoms. The van der Waals surface area contributed by atoms with Crippen molar-refractivity contribution in [3.05, 3.63) is 70.2 Å². The van der Waals surface area contributed by atoms with Crippen molar-refractivity contribution >= 4 is 23.1 Å². The summed E-state index contributed by atoms with van der Waals surface area (Å²) in [4.78, 5) is 24.6. The van der Waals surface area contributed by atoms with Crippen LogP contribution >= 0.6 is 0 Å². The van der Waals surface area contributed by atoms with Gasteiger partial charge in [0.05, 0.1) is 11.1 Å². The Kier molecular flexibility index (Phi) is 3.97. The van der Waals surface area contributed by atoms with Gasteiger partial charge in [0, 0.05) is 5.56 Å². The van der Waals surface area contributed by atoms with Crippen LogP contribution in [0.3, 0.4) is 0 Å². The molecule has 0 saturated carbocycles. The van der Waals surface area contributed by atoms with Crippen LogP contribution in [0, 0.1) is 13.8 Å². The number of furan rings is 1. The molecule has 1 saturated heterocycles. The molecule has 24 heavy (non-hydrogen) atoms. The summed E-state index contributed by atoms with van der Waals surface area (Å²) in [5, 5.41) is 0. The van der Waals surface area contributed by atoms with Gasteiger partial charge in [0.2, 0.25) is 0 Å². The first-order chi connectivity index (χ1) is 11.4. The van der Waals surface area contributed by atoms with Crippen LogP contribution in [-0.4, -0.2) is 11.9 Å². The second kappa shape index (κ2) is 5.96. The molecule has 3 rings (SSSR count). The molecule has 0 bridgehead atoms. The number of rotatable bonds is 2. The summed E-state index contributed by atoms with van der Waals surface area (Å²) in [5.74, 6) is 0.251. The van der Waals surface area contributed by atoms with Crippen LogP contribution in [0.25, 0.3) is 11.1 Å². The maximum absolute atomic E-state index is 12.3. The van der Waals surface area contributed by atoms with Gasteiger partial charge in [-0.1, -0.05) is 30.3 Å². The summed E-state index contributed by atoms with van der Waals surface area (Å²) >= 11 is 0. The van der Waals surface area contributed by atoms with Gasteiger partial charge in [-0.25, -0.2) is 9.59 Å². The molecule has 1 aromatic heterocycles. The molecule has 0 amide bonds. The van der Waals surface area contributed by atoms with Crippen molar-refractivity contribution in [2.45, 2.75) is 27.7 Å². The Labute approximate surface area is 140 Å². The fourth-order valence-electron chi connectivity index (χ4n) is 3.04. The van der Waals surface area contributed by atoms with Gasteiger partial charge >= 0.3 is 11.9 Å². The minimum Gasteiger partial charge on any atom is -0.466 e. The molecule has 1 fully saturated rings. The van der Waals surface area contributed by atoms with Crippen molar-refractivity contribution in [3.8, 4) is 0 Å². The lowest BCUT2D eigenvalue weighted by Gasteiger charge is -2.07. The predicted molar refractivity (Wildman–Crippen MR) is 90.9 cm³/mol. The average molecular weight is 322 g/mol. The molecule has 2 heterocycles. The third-order valence-electron chi connectivity index (χ3n) is 4.25. The lowest BCUT2D eigenvalue weighted by molar-refractivity contribution is -0.149. The highest BCUT2D eigenvalue weighted by Gasteiger charge is 2.37. The summed E-state index contributed by atoms with van der Waals surface area (Å²) in [6.07, 6.45) is 0. The SMILES string of the molecule is CC(=C1C(=O)OC(=O)C1=C(C)c1cc(C)oc1C)c1ccccc1. The third kappa shape index (κ3) is 2.60. The molecule has 2 aromatic rings. The minimum atomic E-state index is -0.610. The van der Waals surface area contributed by atoms with Crippen molar-refractivity contribution in [1.82, 2.24) is 0 Å². The van der Waals surface area contributed by atoms with E-state index in [1.165, 1.54) is 0 Å². The van der Waals surface area contributed by atoms with Gasteiger partial charge < -0.3 is 9.15 Å². The number of carbonyl (C=O) groups excluding carboxylic acids is 2. The highest BCUT2D eigenvalue weighted by molar-refractivity contribution is 6.24. The molecule has 0 radical (unpaired) electrons. The van der Waals surface area contributed by atoms with E-state index in [1.54, 1.807) is 0 Å². The number of allylic oxidation sites excluding steroid dienone is 2. The highest BCUT2D eigenvalue weighted by atomic mass is 16.6. The fourth-order valence-corrected chi connectivity index (χ4v) is 3.04. The zero-order valence-corrected chi connectivity index (χ0v) is 14.1. The lowest BCUT2D eigenvalue weighted by atomic mass is 9.92. The van der Waals surface area contributed by atoms with E-state index in [0.717, 1.165) is 22.5 Å². The molecule has 0 aliphatic carbocycles.